The molecule has 0 atom stereocenters. The van der Waals surface area contributed by atoms with Crippen molar-refractivity contribution in [3.63, 3.8) is 0 Å². The lowest BCUT2D eigenvalue weighted by Gasteiger charge is -2.08. The molecule has 4 aromatic rings. The van der Waals surface area contributed by atoms with E-state index < -0.39 is 0 Å². The Morgan fingerprint density at radius 3 is 2.31 bits per heavy atom. The molecule has 144 valence electrons. The third-order valence-electron chi connectivity index (χ3n) is 4.36. The van der Waals surface area contributed by atoms with Gasteiger partial charge in [-0.3, -0.25) is 4.79 Å². The predicted octanol–water partition coefficient (Wildman–Crippen LogP) is 3.17. The summed E-state index contributed by atoms with van der Waals surface area (Å²) in [7, 11) is 0. The summed E-state index contributed by atoms with van der Waals surface area (Å²) in [4.78, 5) is 12.3. The van der Waals surface area contributed by atoms with E-state index in [1.165, 1.54) is 0 Å². The molecule has 0 aliphatic carbocycles. The van der Waals surface area contributed by atoms with Crippen LogP contribution in [0.15, 0.2) is 85.2 Å². The highest BCUT2D eigenvalue weighted by atomic mass is 16.1. The number of nitrogens with one attached hydrogen (secondary N) is 2. The van der Waals surface area contributed by atoms with Crippen LogP contribution in [0.5, 0.6) is 0 Å². The zero-order valence-corrected chi connectivity index (χ0v) is 15.7. The van der Waals surface area contributed by atoms with Gasteiger partial charge in [0, 0.05) is 31.0 Å². The molecular formula is C22H20N6O. The molecule has 4 rings (SSSR count). The van der Waals surface area contributed by atoms with E-state index in [1.54, 1.807) is 17.1 Å². The molecule has 0 saturated carbocycles. The van der Waals surface area contributed by atoms with Gasteiger partial charge in [-0.1, -0.05) is 42.5 Å². The lowest BCUT2D eigenvalue weighted by molar-refractivity contribution is 0.0955. The van der Waals surface area contributed by atoms with Crippen LogP contribution in [-0.2, 0) is 0 Å². The minimum atomic E-state index is -0.105. The smallest absolute Gasteiger partial charge is 0.251 e. The topological polar surface area (TPSA) is 84.7 Å². The van der Waals surface area contributed by atoms with Crippen LogP contribution >= 0.6 is 0 Å². The van der Waals surface area contributed by atoms with Gasteiger partial charge in [-0.25, -0.2) is 4.68 Å². The average molecular weight is 384 g/mol. The number of carbonyl (C=O) groups excluding carboxylic acids is 1. The highest BCUT2D eigenvalue weighted by molar-refractivity contribution is 5.94. The SMILES string of the molecule is O=C(NCCNc1ccc(-n2cccn2)nn1)c1ccc(-c2ccccc2)cc1. The maximum atomic E-state index is 12.3. The van der Waals surface area contributed by atoms with E-state index in [2.05, 4.69) is 25.9 Å². The van der Waals surface area contributed by atoms with Crippen molar-refractivity contribution in [2.75, 3.05) is 18.4 Å². The zero-order valence-electron chi connectivity index (χ0n) is 15.7. The molecule has 2 N–H and O–H groups in total. The molecule has 1 amide bonds. The second-order valence-corrected chi connectivity index (χ2v) is 6.35. The maximum Gasteiger partial charge on any atom is 0.251 e. The second kappa shape index (κ2) is 8.79. The predicted molar refractivity (Wildman–Crippen MR) is 112 cm³/mol. The summed E-state index contributed by atoms with van der Waals surface area (Å²) < 4.78 is 1.64. The van der Waals surface area contributed by atoms with Crippen molar-refractivity contribution in [1.82, 2.24) is 25.3 Å². The van der Waals surface area contributed by atoms with E-state index in [0.717, 1.165) is 11.1 Å². The van der Waals surface area contributed by atoms with Crippen molar-refractivity contribution in [2.45, 2.75) is 0 Å². The van der Waals surface area contributed by atoms with E-state index in [0.29, 0.717) is 30.3 Å². The highest BCUT2D eigenvalue weighted by Crippen LogP contribution is 2.19. The van der Waals surface area contributed by atoms with Gasteiger partial charge >= 0.3 is 0 Å². The molecule has 0 aliphatic heterocycles. The van der Waals surface area contributed by atoms with Crippen LogP contribution in [0.3, 0.4) is 0 Å². The fraction of sp³-hybridized carbons (Fsp3) is 0.0909. The van der Waals surface area contributed by atoms with Gasteiger partial charge < -0.3 is 10.6 Å². The largest absolute Gasteiger partial charge is 0.367 e. The summed E-state index contributed by atoms with van der Waals surface area (Å²) in [6, 6.07) is 23.1. The molecule has 0 spiro atoms. The van der Waals surface area contributed by atoms with Crippen molar-refractivity contribution < 1.29 is 4.79 Å². The van der Waals surface area contributed by atoms with E-state index >= 15 is 0 Å². The third-order valence-corrected chi connectivity index (χ3v) is 4.36. The van der Waals surface area contributed by atoms with Crippen molar-refractivity contribution in [3.8, 4) is 16.9 Å². The maximum absolute atomic E-state index is 12.3. The van der Waals surface area contributed by atoms with Crippen LogP contribution in [0.25, 0.3) is 16.9 Å². The Bertz CT molecular complexity index is 1040. The number of amides is 1. The minimum Gasteiger partial charge on any atom is -0.367 e. The van der Waals surface area contributed by atoms with Gasteiger partial charge in [-0.2, -0.15) is 5.10 Å². The summed E-state index contributed by atoms with van der Waals surface area (Å²) >= 11 is 0. The molecule has 2 heterocycles. The molecule has 0 saturated heterocycles. The van der Waals surface area contributed by atoms with Gasteiger partial charge in [0.05, 0.1) is 0 Å². The molecule has 0 bridgehead atoms. The normalized spacial score (nSPS) is 10.5. The van der Waals surface area contributed by atoms with E-state index in [4.69, 9.17) is 0 Å². The number of hydrogen-bond donors (Lipinski definition) is 2. The number of benzene rings is 2. The van der Waals surface area contributed by atoms with Crippen molar-refractivity contribution in [3.05, 3.63) is 90.8 Å². The second-order valence-electron chi connectivity index (χ2n) is 6.35. The van der Waals surface area contributed by atoms with Gasteiger partial charge in [0.15, 0.2) is 5.82 Å². The first kappa shape index (κ1) is 18.4. The monoisotopic (exact) mass is 384 g/mol. The van der Waals surface area contributed by atoms with Gasteiger partial charge in [0.25, 0.3) is 5.91 Å². The number of carbonyl (C=O) groups is 1. The Morgan fingerprint density at radius 2 is 1.62 bits per heavy atom. The van der Waals surface area contributed by atoms with Crippen LogP contribution in [-0.4, -0.2) is 39.0 Å². The Labute approximate surface area is 168 Å². The molecule has 2 aromatic heterocycles. The fourth-order valence-corrected chi connectivity index (χ4v) is 2.86. The lowest BCUT2D eigenvalue weighted by Crippen LogP contribution is -2.28. The molecule has 0 radical (unpaired) electrons. The molecule has 29 heavy (non-hydrogen) atoms. The Balaban J connectivity index is 1.25. The number of rotatable bonds is 7. The lowest BCUT2D eigenvalue weighted by atomic mass is 10.0. The van der Waals surface area contributed by atoms with Gasteiger partial charge in [-0.05, 0) is 41.5 Å². The zero-order chi connectivity index (χ0) is 19.9. The fourth-order valence-electron chi connectivity index (χ4n) is 2.86. The number of aromatic nitrogens is 4. The third kappa shape index (κ3) is 4.65. The first-order valence-electron chi connectivity index (χ1n) is 9.31. The van der Waals surface area contributed by atoms with Crippen LogP contribution in [0.4, 0.5) is 5.82 Å². The van der Waals surface area contributed by atoms with Crippen LogP contribution in [0, 0.1) is 0 Å². The first-order chi connectivity index (χ1) is 14.3. The average Bonchev–Trinajstić information content (AvgIpc) is 3.33. The van der Waals surface area contributed by atoms with Crippen LogP contribution in [0.2, 0.25) is 0 Å². The first-order valence-corrected chi connectivity index (χ1v) is 9.31. The van der Waals surface area contributed by atoms with Gasteiger partial charge in [-0.15, -0.1) is 10.2 Å². The quantitative estimate of drug-likeness (QED) is 0.478. The molecule has 0 aliphatic rings. The summed E-state index contributed by atoms with van der Waals surface area (Å²) in [5.41, 5.74) is 2.84. The van der Waals surface area contributed by atoms with Gasteiger partial charge in [0.2, 0.25) is 0 Å². The van der Waals surface area contributed by atoms with Gasteiger partial charge in [0.1, 0.15) is 5.82 Å². The molecule has 0 fully saturated rings. The molecular weight excluding hydrogens is 364 g/mol. The summed E-state index contributed by atoms with van der Waals surface area (Å²) in [5.74, 6) is 1.18. The van der Waals surface area contributed by atoms with Crippen LogP contribution < -0.4 is 10.6 Å². The number of hydrogen-bond acceptors (Lipinski definition) is 5. The molecule has 7 nitrogen and oxygen atoms in total. The van der Waals surface area contributed by atoms with Crippen molar-refractivity contribution in [1.29, 1.82) is 0 Å². The molecule has 7 heteroatoms. The van der Waals surface area contributed by atoms with E-state index in [1.807, 2.05) is 72.8 Å². The van der Waals surface area contributed by atoms with E-state index in [-0.39, 0.29) is 5.91 Å². The number of nitrogens with zero attached hydrogens (tertiary/aromatic N) is 4. The summed E-state index contributed by atoms with van der Waals surface area (Å²) in [5, 5.41) is 18.4. The number of anilines is 1. The molecule has 0 unspecified atom stereocenters. The Hall–Kier alpha value is -4.00. The Morgan fingerprint density at radius 1 is 0.828 bits per heavy atom. The standard InChI is InChI=1S/C22H20N6O/c29-22(19-9-7-18(8-10-19)17-5-2-1-3-6-17)24-15-14-23-20-11-12-21(27-26-20)28-16-4-13-25-28/h1-13,16H,14-15H2,(H,23,26)(H,24,29). The van der Waals surface area contributed by atoms with E-state index in [9.17, 15) is 4.79 Å². The van der Waals surface area contributed by atoms with Crippen LogP contribution in [0.1, 0.15) is 10.4 Å². The Kier molecular flexibility index (Phi) is 5.57. The van der Waals surface area contributed by atoms with Crippen molar-refractivity contribution in [2.24, 2.45) is 0 Å². The summed E-state index contributed by atoms with van der Waals surface area (Å²) in [6.45, 7) is 1.02. The highest BCUT2D eigenvalue weighted by Gasteiger charge is 2.06. The van der Waals surface area contributed by atoms with Crippen molar-refractivity contribution >= 4 is 11.7 Å². The minimum absolute atomic E-state index is 0.105. The summed E-state index contributed by atoms with van der Waals surface area (Å²) in [6.07, 6.45) is 3.49. The molecule has 2 aromatic carbocycles.